The number of ether oxygens (including phenoxy) is 1. The fourth-order valence-electron chi connectivity index (χ4n) is 2.86. The van der Waals surface area contributed by atoms with Gasteiger partial charge in [0.05, 0.1) is 24.7 Å². The number of hydrogen-bond acceptors (Lipinski definition) is 6. The van der Waals surface area contributed by atoms with Gasteiger partial charge in [-0.1, -0.05) is 11.6 Å². The van der Waals surface area contributed by atoms with Crippen molar-refractivity contribution >= 4 is 28.3 Å². The zero-order valence-corrected chi connectivity index (χ0v) is 17.4. The summed E-state index contributed by atoms with van der Waals surface area (Å²) in [6, 6.07) is 7.15. The smallest absolute Gasteiger partial charge is 0.232 e. The van der Waals surface area contributed by atoms with Crippen LogP contribution in [-0.2, 0) is 26.1 Å². The van der Waals surface area contributed by atoms with Crippen molar-refractivity contribution in [3.05, 3.63) is 40.7 Å². The highest BCUT2D eigenvalue weighted by atomic mass is 35.5. The molecule has 1 aromatic heterocycles. The average molecular weight is 426 g/mol. The van der Waals surface area contributed by atoms with Gasteiger partial charge in [0.1, 0.15) is 11.5 Å². The fraction of sp³-hybridized carbons (Fsp3) is 0.474. The number of nitrogens with zero attached hydrogens (tertiary/aromatic N) is 2. The maximum Gasteiger partial charge on any atom is 0.232 e. The molecular formula is C19H24ClN3O4S. The number of benzene rings is 1. The van der Waals surface area contributed by atoms with E-state index in [2.05, 4.69) is 15.2 Å². The van der Waals surface area contributed by atoms with Gasteiger partial charge < -0.3 is 14.5 Å². The number of morpholine rings is 1. The first-order chi connectivity index (χ1) is 13.5. The molecule has 7 nitrogen and oxygen atoms in total. The van der Waals surface area contributed by atoms with E-state index in [1.165, 1.54) is 0 Å². The summed E-state index contributed by atoms with van der Waals surface area (Å²) < 4.78 is 23.3. The van der Waals surface area contributed by atoms with Gasteiger partial charge in [0.25, 0.3) is 0 Å². The minimum atomic E-state index is -1.36. The molecule has 28 heavy (non-hydrogen) atoms. The quantitative estimate of drug-likeness (QED) is 0.696. The summed E-state index contributed by atoms with van der Waals surface area (Å²) in [6.07, 6.45) is 0. The summed E-state index contributed by atoms with van der Waals surface area (Å²) in [6.45, 7) is 6.31. The first-order valence-corrected chi connectivity index (χ1v) is 11.0. The van der Waals surface area contributed by atoms with Crippen LogP contribution in [0.2, 0.25) is 5.02 Å². The second-order valence-corrected chi connectivity index (χ2v) is 8.45. The summed E-state index contributed by atoms with van der Waals surface area (Å²) in [4.78, 5) is 18.7. The Morgan fingerprint density at radius 3 is 2.71 bits per heavy atom. The van der Waals surface area contributed by atoms with Crippen LogP contribution in [0.5, 0.6) is 0 Å². The van der Waals surface area contributed by atoms with Gasteiger partial charge in [0.2, 0.25) is 11.8 Å². The van der Waals surface area contributed by atoms with E-state index in [0.717, 1.165) is 38.4 Å². The predicted molar refractivity (Wildman–Crippen MR) is 109 cm³/mol. The van der Waals surface area contributed by atoms with Crippen LogP contribution >= 0.6 is 11.6 Å². The van der Waals surface area contributed by atoms with Gasteiger partial charge in [-0.05, 0) is 31.2 Å². The molecule has 2 heterocycles. The molecule has 1 aliphatic heterocycles. The molecule has 152 valence electrons. The summed E-state index contributed by atoms with van der Waals surface area (Å²) in [5.41, 5.74) is 1.40. The number of oxazole rings is 1. The van der Waals surface area contributed by atoms with Crippen LogP contribution in [0.1, 0.15) is 11.5 Å². The van der Waals surface area contributed by atoms with Crippen molar-refractivity contribution in [3.8, 4) is 11.5 Å². The van der Waals surface area contributed by atoms with Gasteiger partial charge in [0, 0.05) is 47.6 Å². The Hall–Kier alpha value is -1.74. The van der Waals surface area contributed by atoms with Crippen LogP contribution in [0.15, 0.2) is 28.7 Å². The minimum absolute atomic E-state index is 0.0499. The highest BCUT2D eigenvalue weighted by Crippen LogP contribution is 2.24. The monoisotopic (exact) mass is 425 g/mol. The number of carbonyl (C=O) groups excluding carboxylic acids is 1. The van der Waals surface area contributed by atoms with Crippen molar-refractivity contribution in [1.82, 2.24) is 15.2 Å². The van der Waals surface area contributed by atoms with Gasteiger partial charge in [-0.15, -0.1) is 0 Å². The normalized spacial score (nSPS) is 16.1. The average Bonchev–Trinajstić information content (AvgIpc) is 3.03. The predicted octanol–water partition coefficient (Wildman–Crippen LogP) is 2.00. The summed E-state index contributed by atoms with van der Waals surface area (Å²) >= 11 is 5.90. The molecule has 0 saturated carbocycles. The number of nitrogens with one attached hydrogen (secondary N) is 1. The fourth-order valence-corrected chi connectivity index (χ4v) is 4.05. The molecule has 1 aromatic carbocycles. The van der Waals surface area contributed by atoms with Crippen LogP contribution in [-0.4, -0.2) is 65.1 Å². The largest absolute Gasteiger partial charge is 0.441 e. The van der Waals surface area contributed by atoms with Gasteiger partial charge in [-0.2, -0.15) is 0 Å². The molecule has 1 amide bonds. The maximum atomic E-state index is 12.4. The molecule has 0 radical (unpaired) electrons. The Balaban J connectivity index is 1.46. The standard InChI is InChI=1S/C19H24ClN3O4S/c1-14-17(22-19(27-14)15-2-4-16(20)5-3-15)12-28(25)13-18(24)21-6-7-23-8-10-26-11-9-23/h2-5H,6-13H2,1H3,(H,21,24)/t28-/m1/s1. The number of halogens is 1. The van der Waals surface area contributed by atoms with Crippen LogP contribution in [0.3, 0.4) is 0 Å². The van der Waals surface area contributed by atoms with Gasteiger partial charge in [0.15, 0.2) is 0 Å². The summed E-state index contributed by atoms with van der Waals surface area (Å²) in [7, 11) is -1.36. The molecule has 1 N–H and O–H groups in total. The molecule has 0 unspecified atom stereocenters. The molecular weight excluding hydrogens is 402 g/mol. The molecule has 1 fully saturated rings. The number of amides is 1. The molecule has 2 aromatic rings. The Bertz CT molecular complexity index is 819. The van der Waals surface area contributed by atoms with E-state index in [0.29, 0.717) is 28.9 Å². The number of rotatable bonds is 8. The minimum Gasteiger partial charge on any atom is -0.441 e. The second-order valence-electron chi connectivity index (χ2n) is 6.56. The molecule has 9 heteroatoms. The molecule has 1 atom stereocenters. The van der Waals surface area contributed by atoms with E-state index in [1.807, 2.05) is 12.1 Å². The van der Waals surface area contributed by atoms with Gasteiger partial charge >= 0.3 is 0 Å². The maximum absolute atomic E-state index is 12.4. The zero-order valence-electron chi connectivity index (χ0n) is 15.8. The van der Waals surface area contributed by atoms with Crippen LogP contribution in [0.25, 0.3) is 11.5 Å². The lowest BCUT2D eigenvalue weighted by atomic mass is 10.2. The highest BCUT2D eigenvalue weighted by Gasteiger charge is 2.16. The van der Waals surface area contributed by atoms with Crippen molar-refractivity contribution in [2.24, 2.45) is 0 Å². The second kappa shape index (κ2) is 10.2. The Kier molecular flexibility index (Phi) is 7.61. The number of aryl methyl sites for hydroxylation is 1. The van der Waals surface area contributed by atoms with Crippen LogP contribution in [0, 0.1) is 6.92 Å². The third kappa shape index (κ3) is 6.13. The SMILES string of the molecule is Cc1oc(-c2ccc(Cl)cc2)nc1C[S@@](=O)CC(=O)NCCN1CCOCC1. The lowest BCUT2D eigenvalue weighted by Crippen LogP contribution is -2.42. The van der Waals surface area contributed by atoms with Crippen molar-refractivity contribution in [3.63, 3.8) is 0 Å². The third-order valence-corrected chi connectivity index (χ3v) is 5.86. The Morgan fingerprint density at radius 2 is 2.00 bits per heavy atom. The third-order valence-electron chi connectivity index (χ3n) is 4.43. The first-order valence-electron chi connectivity index (χ1n) is 9.15. The van der Waals surface area contributed by atoms with Crippen molar-refractivity contribution in [1.29, 1.82) is 0 Å². The summed E-state index contributed by atoms with van der Waals surface area (Å²) in [5.74, 6) is 0.971. The molecule has 0 aliphatic carbocycles. The van der Waals surface area contributed by atoms with Gasteiger partial charge in [-0.25, -0.2) is 4.98 Å². The van der Waals surface area contributed by atoms with E-state index in [4.69, 9.17) is 20.8 Å². The molecule has 3 rings (SSSR count). The van der Waals surface area contributed by atoms with E-state index >= 15 is 0 Å². The Morgan fingerprint density at radius 1 is 1.29 bits per heavy atom. The van der Waals surface area contributed by atoms with Gasteiger partial charge in [-0.3, -0.25) is 13.9 Å². The number of aromatic nitrogens is 1. The van der Waals surface area contributed by atoms with E-state index in [-0.39, 0.29) is 17.4 Å². The van der Waals surface area contributed by atoms with E-state index in [1.54, 1.807) is 19.1 Å². The zero-order chi connectivity index (χ0) is 19.9. The number of carbonyl (C=O) groups is 1. The topological polar surface area (TPSA) is 84.7 Å². The molecule has 0 spiro atoms. The molecule has 1 aliphatic rings. The van der Waals surface area contributed by atoms with Crippen molar-refractivity contribution in [2.45, 2.75) is 12.7 Å². The van der Waals surface area contributed by atoms with Crippen molar-refractivity contribution in [2.75, 3.05) is 45.1 Å². The Labute approximate surface area is 171 Å². The molecule has 1 saturated heterocycles. The van der Waals surface area contributed by atoms with E-state index in [9.17, 15) is 9.00 Å². The number of hydrogen-bond donors (Lipinski definition) is 1. The van der Waals surface area contributed by atoms with E-state index < -0.39 is 10.8 Å². The lowest BCUT2D eigenvalue weighted by molar-refractivity contribution is -0.118. The summed E-state index contributed by atoms with van der Waals surface area (Å²) in [5, 5.41) is 3.46. The first kappa shape index (κ1) is 21.0. The lowest BCUT2D eigenvalue weighted by Gasteiger charge is -2.26. The highest BCUT2D eigenvalue weighted by molar-refractivity contribution is 7.84. The van der Waals surface area contributed by atoms with Crippen molar-refractivity contribution < 1.29 is 18.2 Å². The van der Waals surface area contributed by atoms with Crippen LogP contribution < -0.4 is 5.32 Å². The molecule has 0 bridgehead atoms. The van der Waals surface area contributed by atoms with Crippen LogP contribution in [0.4, 0.5) is 0 Å².